The lowest BCUT2D eigenvalue weighted by Crippen LogP contribution is -2.18. The van der Waals surface area contributed by atoms with Gasteiger partial charge in [0.2, 0.25) is 0 Å². The van der Waals surface area contributed by atoms with Crippen molar-refractivity contribution in [2.24, 2.45) is 11.7 Å². The van der Waals surface area contributed by atoms with Crippen LogP contribution in [0.2, 0.25) is 0 Å². The zero-order valence-electron chi connectivity index (χ0n) is 9.95. The third-order valence-electron chi connectivity index (χ3n) is 2.39. The van der Waals surface area contributed by atoms with E-state index in [0.29, 0.717) is 12.3 Å². The van der Waals surface area contributed by atoms with Crippen LogP contribution in [0.25, 0.3) is 0 Å². The molecule has 0 saturated carbocycles. The van der Waals surface area contributed by atoms with Gasteiger partial charge in [0.05, 0.1) is 29.7 Å². The van der Waals surface area contributed by atoms with Gasteiger partial charge in [-0.05, 0) is 5.92 Å². The van der Waals surface area contributed by atoms with Crippen LogP contribution in [-0.2, 0) is 13.0 Å². The first kappa shape index (κ1) is 12.1. The summed E-state index contributed by atoms with van der Waals surface area (Å²) in [6, 6.07) is -0.163. The fourth-order valence-electron chi connectivity index (χ4n) is 1.58. The molecule has 7 heteroatoms. The minimum Gasteiger partial charge on any atom is -0.322 e. The van der Waals surface area contributed by atoms with E-state index in [4.69, 9.17) is 5.73 Å². The standard InChI is InChI=1S/C10H16N6S/c1-7(2)5-16-10(12-6-13-16)3-8(11)9-4-14-17-15-9/h4,6-8H,3,5,11H2,1-2H3. The van der Waals surface area contributed by atoms with E-state index in [1.54, 1.807) is 12.5 Å². The van der Waals surface area contributed by atoms with E-state index in [-0.39, 0.29) is 6.04 Å². The summed E-state index contributed by atoms with van der Waals surface area (Å²) >= 11 is 1.17. The lowest BCUT2D eigenvalue weighted by molar-refractivity contribution is 0.459. The van der Waals surface area contributed by atoms with Gasteiger partial charge in [0.1, 0.15) is 12.2 Å². The molecule has 1 unspecified atom stereocenters. The van der Waals surface area contributed by atoms with Crippen molar-refractivity contribution in [2.75, 3.05) is 0 Å². The van der Waals surface area contributed by atoms with Crippen LogP contribution in [0.1, 0.15) is 31.4 Å². The quantitative estimate of drug-likeness (QED) is 0.859. The minimum atomic E-state index is -0.163. The van der Waals surface area contributed by atoms with Gasteiger partial charge in [-0.25, -0.2) is 9.67 Å². The summed E-state index contributed by atoms with van der Waals surface area (Å²) in [4.78, 5) is 4.25. The predicted molar refractivity (Wildman–Crippen MR) is 65.4 cm³/mol. The first-order chi connectivity index (χ1) is 8.16. The van der Waals surface area contributed by atoms with E-state index in [1.807, 2.05) is 4.68 Å². The fraction of sp³-hybridized carbons (Fsp3) is 0.600. The molecule has 2 aromatic heterocycles. The zero-order valence-corrected chi connectivity index (χ0v) is 10.8. The van der Waals surface area contributed by atoms with E-state index in [2.05, 4.69) is 32.7 Å². The molecule has 0 aliphatic rings. The van der Waals surface area contributed by atoms with Gasteiger partial charge in [-0.3, -0.25) is 0 Å². The highest BCUT2D eigenvalue weighted by molar-refractivity contribution is 6.99. The Kier molecular flexibility index (Phi) is 3.80. The Morgan fingerprint density at radius 1 is 1.47 bits per heavy atom. The molecular weight excluding hydrogens is 236 g/mol. The predicted octanol–water partition coefficient (Wildman–Crippen LogP) is 1.03. The molecule has 0 aliphatic heterocycles. The molecule has 2 aromatic rings. The topological polar surface area (TPSA) is 82.5 Å². The summed E-state index contributed by atoms with van der Waals surface area (Å²) in [5.74, 6) is 1.44. The molecule has 0 bridgehead atoms. The third kappa shape index (κ3) is 3.07. The monoisotopic (exact) mass is 252 g/mol. The van der Waals surface area contributed by atoms with Crippen LogP contribution < -0.4 is 5.73 Å². The molecule has 0 fully saturated rings. The van der Waals surface area contributed by atoms with Crippen LogP contribution in [-0.4, -0.2) is 23.5 Å². The molecule has 17 heavy (non-hydrogen) atoms. The summed E-state index contributed by atoms with van der Waals surface area (Å²) in [5.41, 5.74) is 6.87. The molecule has 1 atom stereocenters. The van der Waals surface area contributed by atoms with Gasteiger partial charge in [-0.1, -0.05) is 13.8 Å². The molecule has 2 rings (SSSR count). The fourth-order valence-corrected chi connectivity index (χ4v) is 2.06. The lowest BCUT2D eigenvalue weighted by Gasteiger charge is -2.11. The van der Waals surface area contributed by atoms with Crippen LogP contribution in [0.3, 0.4) is 0 Å². The second-order valence-corrected chi connectivity index (χ2v) is 4.95. The Bertz CT molecular complexity index is 449. The summed E-state index contributed by atoms with van der Waals surface area (Å²) in [7, 11) is 0. The first-order valence-electron chi connectivity index (χ1n) is 5.56. The highest BCUT2D eigenvalue weighted by Gasteiger charge is 2.14. The van der Waals surface area contributed by atoms with Crippen LogP contribution in [0.15, 0.2) is 12.5 Å². The molecule has 0 spiro atoms. The summed E-state index contributed by atoms with van der Waals surface area (Å²) in [6.07, 6.45) is 3.92. The van der Waals surface area contributed by atoms with E-state index in [9.17, 15) is 0 Å². The average molecular weight is 252 g/mol. The van der Waals surface area contributed by atoms with E-state index in [0.717, 1.165) is 18.1 Å². The summed E-state index contributed by atoms with van der Waals surface area (Å²) in [5, 5.41) is 4.21. The lowest BCUT2D eigenvalue weighted by atomic mass is 10.1. The van der Waals surface area contributed by atoms with Crippen LogP contribution in [0, 0.1) is 5.92 Å². The van der Waals surface area contributed by atoms with Crippen molar-refractivity contribution in [1.82, 2.24) is 23.5 Å². The number of hydrogen-bond acceptors (Lipinski definition) is 6. The third-order valence-corrected chi connectivity index (χ3v) is 2.89. The molecule has 0 aromatic carbocycles. The highest BCUT2D eigenvalue weighted by atomic mass is 32.1. The normalized spacial score (nSPS) is 13.2. The minimum absolute atomic E-state index is 0.163. The maximum Gasteiger partial charge on any atom is 0.138 e. The first-order valence-corrected chi connectivity index (χ1v) is 6.29. The Morgan fingerprint density at radius 3 is 2.94 bits per heavy atom. The van der Waals surface area contributed by atoms with Crippen molar-refractivity contribution < 1.29 is 0 Å². The molecule has 0 saturated heterocycles. The van der Waals surface area contributed by atoms with Gasteiger partial charge in [-0.2, -0.15) is 13.8 Å². The zero-order chi connectivity index (χ0) is 12.3. The van der Waals surface area contributed by atoms with Crippen LogP contribution in [0.5, 0.6) is 0 Å². The average Bonchev–Trinajstić information content (AvgIpc) is 2.89. The summed E-state index contributed by atoms with van der Waals surface area (Å²) < 4.78 is 9.99. The Labute approximate surface area is 104 Å². The second kappa shape index (κ2) is 5.33. The van der Waals surface area contributed by atoms with Crippen molar-refractivity contribution in [3.63, 3.8) is 0 Å². The van der Waals surface area contributed by atoms with Gasteiger partial charge in [0.15, 0.2) is 0 Å². The van der Waals surface area contributed by atoms with Gasteiger partial charge >= 0.3 is 0 Å². The summed E-state index contributed by atoms with van der Waals surface area (Å²) in [6.45, 7) is 5.16. The van der Waals surface area contributed by atoms with Crippen LogP contribution >= 0.6 is 11.7 Å². The molecule has 2 N–H and O–H groups in total. The molecular formula is C10H16N6S. The van der Waals surface area contributed by atoms with Gasteiger partial charge in [0.25, 0.3) is 0 Å². The van der Waals surface area contributed by atoms with E-state index in [1.165, 1.54) is 11.7 Å². The van der Waals surface area contributed by atoms with Crippen molar-refractivity contribution in [3.8, 4) is 0 Å². The van der Waals surface area contributed by atoms with Crippen LogP contribution in [0.4, 0.5) is 0 Å². The van der Waals surface area contributed by atoms with E-state index < -0.39 is 0 Å². The smallest absolute Gasteiger partial charge is 0.138 e. The maximum absolute atomic E-state index is 6.05. The second-order valence-electron chi connectivity index (χ2n) is 4.40. The Hall–Kier alpha value is -1.34. The molecule has 0 aliphatic carbocycles. The molecule has 2 heterocycles. The molecule has 0 amide bonds. The largest absolute Gasteiger partial charge is 0.322 e. The van der Waals surface area contributed by atoms with E-state index >= 15 is 0 Å². The number of rotatable bonds is 5. The van der Waals surface area contributed by atoms with Gasteiger partial charge in [-0.15, -0.1) is 0 Å². The Morgan fingerprint density at radius 2 is 2.29 bits per heavy atom. The van der Waals surface area contributed by atoms with Crippen molar-refractivity contribution in [1.29, 1.82) is 0 Å². The number of nitrogens with two attached hydrogens (primary N) is 1. The number of hydrogen-bond donors (Lipinski definition) is 1. The van der Waals surface area contributed by atoms with Crippen molar-refractivity contribution >= 4 is 11.7 Å². The highest BCUT2D eigenvalue weighted by Crippen LogP contribution is 2.13. The van der Waals surface area contributed by atoms with Gasteiger partial charge in [0, 0.05) is 13.0 Å². The van der Waals surface area contributed by atoms with Gasteiger partial charge < -0.3 is 5.73 Å². The number of aromatic nitrogens is 5. The van der Waals surface area contributed by atoms with Crippen molar-refractivity contribution in [3.05, 3.63) is 24.0 Å². The molecule has 0 radical (unpaired) electrons. The molecule has 6 nitrogen and oxygen atoms in total. The van der Waals surface area contributed by atoms with Crippen molar-refractivity contribution in [2.45, 2.75) is 32.9 Å². The number of nitrogens with zero attached hydrogens (tertiary/aromatic N) is 5. The SMILES string of the molecule is CC(C)Cn1ncnc1CC(N)c1cnsn1. The molecule has 92 valence electrons. The Balaban J connectivity index is 2.06. The maximum atomic E-state index is 6.05.